The minimum atomic E-state index is -0.309. The van der Waals surface area contributed by atoms with Crippen molar-refractivity contribution in [3.05, 3.63) is 60.6 Å². The van der Waals surface area contributed by atoms with Crippen molar-refractivity contribution < 1.29 is 23.7 Å². The van der Waals surface area contributed by atoms with Crippen LogP contribution in [-0.2, 0) is 4.79 Å². The summed E-state index contributed by atoms with van der Waals surface area (Å²) >= 11 is 0. The zero-order valence-electron chi connectivity index (χ0n) is 16.1. The molecular formula is C22H23N2O4+. The molecule has 0 aliphatic rings. The second-order valence-corrected chi connectivity index (χ2v) is 6.92. The van der Waals surface area contributed by atoms with Crippen molar-refractivity contribution in [1.82, 2.24) is 0 Å². The number of furan rings is 2. The Bertz CT molecular complexity index is 1110. The molecule has 2 atom stereocenters. The van der Waals surface area contributed by atoms with Gasteiger partial charge in [0.05, 0.1) is 19.1 Å². The molecule has 4 aromatic rings. The van der Waals surface area contributed by atoms with E-state index in [4.69, 9.17) is 13.6 Å². The number of hydrogen-bond donors (Lipinski definition) is 2. The number of quaternary nitrogens is 1. The van der Waals surface area contributed by atoms with Crippen molar-refractivity contribution in [2.45, 2.75) is 25.9 Å². The molecule has 0 radical (unpaired) electrons. The molecule has 0 saturated carbocycles. The summed E-state index contributed by atoms with van der Waals surface area (Å²) in [6, 6.07) is 15.0. The van der Waals surface area contributed by atoms with Crippen LogP contribution in [0.5, 0.6) is 5.75 Å². The molecule has 0 saturated heterocycles. The van der Waals surface area contributed by atoms with Crippen LogP contribution in [0.15, 0.2) is 63.6 Å². The number of nitrogens with one attached hydrogen (secondary N) is 1. The van der Waals surface area contributed by atoms with E-state index in [0.717, 1.165) is 22.1 Å². The molecule has 144 valence electrons. The van der Waals surface area contributed by atoms with Crippen LogP contribution in [0.25, 0.3) is 21.9 Å². The molecule has 6 nitrogen and oxygen atoms in total. The number of amides is 1. The Labute approximate surface area is 162 Å². The van der Waals surface area contributed by atoms with Gasteiger partial charge in [-0.05, 0) is 38.1 Å². The first kappa shape index (κ1) is 18.1. The zero-order chi connectivity index (χ0) is 19.7. The second kappa shape index (κ2) is 7.40. The van der Waals surface area contributed by atoms with Crippen LogP contribution < -0.4 is 15.4 Å². The topological polar surface area (TPSA) is 81.2 Å². The van der Waals surface area contributed by atoms with Crippen molar-refractivity contribution >= 4 is 33.5 Å². The number of hydrogen-bond acceptors (Lipinski definition) is 4. The van der Waals surface area contributed by atoms with Gasteiger partial charge in [-0.15, -0.1) is 0 Å². The van der Waals surface area contributed by atoms with E-state index in [9.17, 15) is 4.79 Å². The van der Waals surface area contributed by atoms with E-state index in [1.165, 1.54) is 0 Å². The summed E-state index contributed by atoms with van der Waals surface area (Å²) in [6.07, 6.45) is 1.64. The lowest BCUT2D eigenvalue weighted by Gasteiger charge is -2.16. The third-order valence-corrected chi connectivity index (χ3v) is 4.94. The van der Waals surface area contributed by atoms with Gasteiger partial charge in [0.1, 0.15) is 23.0 Å². The molecule has 2 heterocycles. The lowest BCUT2D eigenvalue weighted by Crippen LogP contribution is -2.91. The van der Waals surface area contributed by atoms with E-state index >= 15 is 0 Å². The summed E-state index contributed by atoms with van der Waals surface area (Å²) in [5.74, 6) is 1.31. The number of nitrogens with two attached hydrogens (primary N) is 1. The molecule has 3 N–H and O–H groups in total. The van der Waals surface area contributed by atoms with Crippen molar-refractivity contribution in [3.8, 4) is 5.75 Å². The Hall–Kier alpha value is -3.25. The fraction of sp³-hybridized carbons (Fsp3) is 0.227. The number of carbonyl (C=O) groups excluding carboxylic acids is 1. The van der Waals surface area contributed by atoms with Crippen molar-refractivity contribution in [2.24, 2.45) is 0 Å². The average Bonchev–Trinajstić information content (AvgIpc) is 3.35. The fourth-order valence-electron chi connectivity index (χ4n) is 3.43. The highest BCUT2D eigenvalue weighted by Gasteiger charge is 2.23. The SMILES string of the molecule is COc1cc2c(cc1NC(=O)[C@H](C)[NH2+][C@H](C)c1ccco1)oc1ccccc12. The lowest BCUT2D eigenvalue weighted by atomic mass is 10.1. The van der Waals surface area contributed by atoms with Gasteiger partial charge in [0.2, 0.25) is 0 Å². The van der Waals surface area contributed by atoms with E-state index in [0.29, 0.717) is 17.0 Å². The Morgan fingerprint density at radius 2 is 1.89 bits per heavy atom. The first-order chi connectivity index (χ1) is 13.6. The number of fused-ring (bicyclic) bond motifs is 3. The molecule has 6 heteroatoms. The van der Waals surface area contributed by atoms with Crippen LogP contribution in [0.3, 0.4) is 0 Å². The standard InChI is InChI=1S/C22H22N2O4/c1-13(18-9-6-10-27-18)23-14(2)22(25)24-17-12-20-16(11-21(17)26-3)15-7-4-5-8-19(15)28-20/h4-14,23H,1-3H3,(H,24,25)/p+1/t13-,14+/m1/s1. The average molecular weight is 379 g/mol. The zero-order valence-corrected chi connectivity index (χ0v) is 16.1. The van der Waals surface area contributed by atoms with E-state index in [2.05, 4.69) is 5.32 Å². The molecule has 0 bridgehead atoms. The summed E-state index contributed by atoms with van der Waals surface area (Å²) in [4.78, 5) is 12.7. The van der Waals surface area contributed by atoms with Crippen molar-refractivity contribution in [2.75, 3.05) is 12.4 Å². The molecule has 2 aromatic heterocycles. The predicted molar refractivity (Wildman–Crippen MR) is 107 cm³/mol. The van der Waals surface area contributed by atoms with E-state index in [1.54, 1.807) is 13.4 Å². The van der Waals surface area contributed by atoms with Gasteiger partial charge in [-0.2, -0.15) is 0 Å². The number of ether oxygens (including phenoxy) is 1. The molecule has 0 fully saturated rings. The lowest BCUT2D eigenvalue weighted by molar-refractivity contribution is -0.711. The maximum atomic E-state index is 12.7. The van der Waals surface area contributed by atoms with Gasteiger partial charge >= 0.3 is 0 Å². The van der Waals surface area contributed by atoms with Crippen LogP contribution in [0.4, 0.5) is 5.69 Å². The minimum absolute atomic E-state index is 0.0375. The molecular weight excluding hydrogens is 356 g/mol. The van der Waals surface area contributed by atoms with Gasteiger partial charge < -0.3 is 24.2 Å². The van der Waals surface area contributed by atoms with Gasteiger partial charge in [0, 0.05) is 16.8 Å². The number of carbonyl (C=O) groups is 1. The third kappa shape index (κ3) is 3.34. The van der Waals surface area contributed by atoms with Gasteiger partial charge in [-0.25, -0.2) is 0 Å². The molecule has 2 aromatic carbocycles. The number of anilines is 1. The largest absolute Gasteiger partial charge is 0.495 e. The second-order valence-electron chi connectivity index (χ2n) is 6.92. The first-order valence-corrected chi connectivity index (χ1v) is 9.25. The molecule has 1 amide bonds. The molecule has 0 unspecified atom stereocenters. The van der Waals surface area contributed by atoms with Gasteiger partial charge in [-0.3, -0.25) is 4.79 Å². The molecule has 0 aliphatic carbocycles. The third-order valence-electron chi connectivity index (χ3n) is 4.94. The number of benzene rings is 2. The van der Waals surface area contributed by atoms with Gasteiger partial charge in [0.15, 0.2) is 11.8 Å². The van der Waals surface area contributed by atoms with E-state index < -0.39 is 0 Å². The van der Waals surface area contributed by atoms with Gasteiger partial charge in [0.25, 0.3) is 5.91 Å². The van der Waals surface area contributed by atoms with Crippen LogP contribution in [-0.4, -0.2) is 19.1 Å². The monoisotopic (exact) mass is 379 g/mol. The van der Waals surface area contributed by atoms with Gasteiger partial charge in [-0.1, -0.05) is 18.2 Å². The number of para-hydroxylation sites is 1. The molecule has 0 spiro atoms. The van der Waals surface area contributed by atoms with Crippen molar-refractivity contribution in [1.29, 1.82) is 0 Å². The quantitative estimate of drug-likeness (QED) is 0.533. The minimum Gasteiger partial charge on any atom is -0.495 e. The summed E-state index contributed by atoms with van der Waals surface area (Å²) < 4.78 is 16.8. The molecule has 4 rings (SSSR count). The Morgan fingerprint density at radius 1 is 1.07 bits per heavy atom. The van der Waals surface area contributed by atoms with Crippen LogP contribution in [0, 0.1) is 0 Å². The Morgan fingerprint density at radius 3 is 2.64 bits per heavy atom. The van der Waals surface area contributed by atoms with Crippen LogP contribution >= 0.6 is 0 Å². The maximum Gasteiger partial charge on any atom is 0.282 e. The summed E-state index contributed by atoms with van der Waals surface area (Å²) in [7, 11) is 1.59. The summed E-state index contributed by atoms with van der Waals surface area (Å²) in [6.45, 7) is 3.87. The Kier molecular flexibility index (Phi) is 4.79. The summed E-state index contributed by atoms with van der Waals surface area (Å²) in [5, 5.41) is 6.89. The van der Waals surface area contributed by atoms with Crippen LogP contribution in [0.2, 0.25) is 0 Å². The van der Waals surface area contributed by atoms with E-state index in [1.807, 2.05) is 67.7 Å². The number of rotatable bonds is 6. The Balaban J connectivity index is 1.57. The van der Waals surface area contributed by atoms with E-state index in [-0.39, 0.29) is 18.0 Å². The predicted octanol–water partition coefficient (Wildman–Crippen LogP) is 3.84. The van der Waals surface area contributed by atoms with Crippen LogP contribution in [0.1, 0.15) is 25.6 Å². The smallest absolute Gasteiger partial charge is 0.282 e. The highest BCUT2D eigenvalue weighted by atomic mass is 16.5. The fourth-order valence-corrected chi connectivity index (χ4v) is 3.43. The normalized spacial score (nSPS) is 13.5. The number of methoxy groups -OCH3 is 1. The van der Waals surface area contributed by atoms with Crippen molar-refractivity contribution in [3.63, 3.8) is 0 Å². The molecule has 0 aliphatic heterocycles. The summed E-state index contributed by atoms with van der Waals surface area (Å²) in [5.41, 5.74) is 2.10. The highest BCUT2D eigenvalue weighted by molar-refractivity contribution is 6.08. The highest BCUT2D eigenvalue weighted by Crippen LogP contribution is 2.36. The maximum absolute atomic E-state index is 12.7. The molecule has 28 heavy (non-hydrogen) atoms. The first-order valence-electron chi connectivity index (χ1n) is 9.25.